The van der Waals surface area contributed by atoms with Gasteiger partial charge >= 0.3 is 0 Å². The van der Waals surface area contributed by atoms with Gasteiger partial charge in [0, 0.05) is 24.0 Å². The molecular weight excluding hydrogens is 477 g/mol. The molecule has 172 valence electrons. The van der Waals surface area contributed by atoms with Crippen LogP contribution in [-0.4, -0.2) is 18.6 Å². The molecule has 33 heavy (non-hydrogen) atoms. The highest BCUT2D eigenvalue weighted by Crippen LogP contribution is 2.34. The van der Waals surface area contributed by atoms with Crippen molar-refractivity contribution in [1.82, 2.24) is 14.3 Å². The summed E-state index contributed by atoms with van der Waals surface area (Å²) in [7, 11) is -4.21. The van der Waals surface area contributed by atoms with Gasteiger partial charge < -0.3 is 10.0 Å². The van der Waals surface area contributed by atoms with Gasteiger partial charge in [0.05, 0.1) is 35.1 Å². The van der Waals surface area contributed by atoms with Crippen LogP contribution in [-0.2, 0) is 10.0 Å². The Hall–Kier alpha value is -3.38. The number of carbonyl (C=O) groups is 1. The van der Waals surface area contributed by atoms with Crippen LogP contribution in [0.3, 0.4) is 0 Å². The van der Waals surface area contributed by atoms with Gasteiger partial charge in [0.1, 0.15) is 22.4 Å². The second kappa shape index (κ2) is 8.87. The van der Waals surface area contributed by atoms with E-state index in [1.165, 1.54) is 31.3 Å². The van der Waals surface area contributed by atoms with Crippen molar-refractivity contribution in [3.8, 4) is 0 Å². The minimum Gasteiger partial charge on any atom is -0.345 e. The number of anilines is 1. The lowest BCUT2D eigenvalue weighted by Crippen LogP contribution is -2.29. The molecule has 4 rings (SSSR count). The fourth-order valence-corrected chi connectivity index (χ4v) is 5.24. The van der Waals surface area contributed by atoms with Gasteiger partial charge in [0.15, 0.2) is 0 Å². The molecule has 0 saturated heterocycles. The molecule has 0 aliphatic carbocycles. The Kier molecular flexibility index (Phi) is 6.13. The van der Waals surface area contributed by atoms with Gasteiger partial charge in [-0.2, -0.15) is 0 Å². The molecule has 2 aromatic rings. The van der Waals surface area contributed by atoms with E-state index in [0.717, 1.165) is 36.4 Å². The number of amides is 1. The molecule has 0 spiro atoms. The largest absolute Gasteiger partial charge is 0.345 e. The van der Waals surface area contributed by atoms with Gasteiger partial charge in [-0.15, -0.1) is 0 Å². The van der Waals surface area contributed by atoms with Gasteiger partial charge in [-0.1, -0.05) is 6.07 Å². The molecule has 0 unspecified atom stereocenters. The van der Waals surface area contributed by atoms with E-state index >= 15 is 0 Å². The molecule has 2 aliphatic rings. The SMILES string of the molecule is C[C@@H](NC(=O)c1ccc(F)cc1NS(=O)(=O)C1=CC=CN2SNC=C12)c1ccc(F)cc1F. The first-order chi connectivity index (χ1) is 15.7. The van der Waals surface area contributed by atoms with Crippen LogP contribution in [0.15, 0.2) is 71.6 Å². The number of hydrogen-bond acceptors (Lipinski definition) is 6. The predicted octanol–water partition coefficient (Wildman–Crippen LogP) is 4.06. The van der Waals surface area contributed by atoms with E-state index < -0.39 is 39.4 Å². The number of hydrogen-bond donors (Lipinski definition) is 3. The summed E-state index contributed by atoms with van der Waals surface area (Å²) < 4.78 is 74.0. The predicted molar refractivity (Wildman–Crippen MR) is 119 cm³/mol. The van der Waals surface area contributed by atoms with Crippen LogP contribution < -0.4 is 14.8 Å². The van der Waals surface area contributed by atoms with E-state index in [-0.39, 0.29) is 21.7 Å². The van der Waals surface area contributed by atoms with Gasteiger partial charge in [-0.3, -0.25) is 13.8 Å². The van der Waals surface area contributed by atoms with Gasteiger partial charge in [-0.05, 0) is 43.3 Å². The first-order valence-electron chi connectivity index (χ1n) is 9.54. The standard InChI is InChI=1S/C21H17F3N4O3S2/c1-12(15-6-4-13(22)9-17(15)24)26-21(29)16-7-5-14(23)10-18(16)27-33(30,31)20-3-2-8-28-19(20)11-25-32-28/h2-12,25,27H,1H3,(H,26,29)/t12-/m1/s1. The maximum Gasteiger partial charge on any atom is 0.264 e. The highest BCUT2D eigenvalue weighted by Gasteiger charge is 2.31. The van der Waals surface area contributed by atoms with E-state index in [1.807, 2.05) is 0 Å². The van der Waals surface area contributed by atoms with Crippen molar-refractivity contribution in [2.75, 3.05) is 4.72 Å². The topological polar surface area (TPSA) is 90.5 Å². The maximum absolute atomic E-state index is 14.1. The zero-order valence-electron chi connectivity index (χ0n) is 17.0. The summed E-state index contributed by atoms with van der Waals surface area (Å²) in [4.78, 5) is 12.8. The quantitative estimate of drug-likeness (QED) is 0.525. The second-order valence-electron chi connectivity index (χ2n) is 7.09. The number of fused-ring (bicyclic) bond motifs is 1. The van der Waals surface area contributed by atoms with Crippen LogP contribution >= 0.6 is 12.1 Å². The molecule has 0 saturated carbocycles. The van der Waals surface area contributed by atoms with E-state index in [2.05, 4.69) is 14.8 Å². The van der Waals surface area contributed by atoms with Crippen LogP contribution in [0.4, 0.5) is 18.9 Å². The summed E-state index contributed by atoms with van der Waals surface area (Å²) in [6, 6.07) is 5.06. The Bertz CT molecular complexity index is 1330. The number of nitrogens with one attached hydrogen (secondary N) is 3. The molecule has 2 aliphatic heterocycles. The third-order valence-corrected chi connectivity index (χ3v) is 6.99. The van der Waals surface area contributed by atoms with Crippen molar-refractivity contribution >= 4 is 33.8 Å². The maximum atomic E-state index is 14.1. The summed E-state index contributed by atoms with van der Waals surface area (Å²) in [5.74, 6) is -3.15. The van der Waals surface area contributed by atoms with Crippen molar-refractivity contribution in [2.45, 2.75) is 13.0 Å². The first kappa shape index (κ1) is 22.8. The minimum atomic E-state index is -4.21. The molecule has 3 N–H and O–H groups in total. The van der Waals surface area contributed by atoms with Gasteiger partial charge in [0.2, 0.25) is 0 Å². The van der Waals surface area contributed by atoms with Crippen LogP contribution in [0.2, 0.25) is 0 Å². The molecule has 0 fully saturated rings. The highest BCUT2D eigenvalue weighted by atomic mass is 32.2. The monoisotopic (exact) mass is 494 g/mol. The number of benzene rings is 2. The van der Waals surface area contributed by atoms with Gasteiger partial charge in [-0.25, -0.2) is 21.6 Å². The van der Waals surface area contributed by atoms with Crippen molar-refractivity contribution in [1.29, 1.82) is 0 Å². The van der Waals surface area contributed by atoms with E-state index in [4.69, 9.17) is 0 Å². The molecular formula is C21H17F3N4O3S2. The lowest BCUT2D eigenvalue weighted by molar-refractivity contribution is 0.0940. The average Bonchev–Trinajstić information content (AvgIpc) is 3.22. The van der Waals surface area contributed by atoms with Crippen LogP contribution in [0.1, 0.15) is 28.9 Å². The summed E-state index contributed by atoms with van der Waals surface area (Å²) in [5, 5.41) is 2.52. The van der Waals surface area contributed by atoms with E-state index in [1.54, 1.807) is 10.5 Å². The fourth-order valence-electron chi connectivity index (χ4n) is 3.27. The van der Waals surface area contributed by atoms with Crippen molar-refractivity contribution < 1.29 is 26.4 Å². The Balaban J connectivity index is 1.60. The number of carbonyl (C=O) groups excluding carboxylic acids is 1. The number of allylic oxidation sites excluding steroid dienone is 2. The normalized spacial score (nSPS) is 15.8. The lowest BCUT2D eigenvalue weighted by atomic mass is 10.1. The number of halogens is 3. The van der Waals surface area contributed by atoms with Crippen LogP contribution in [0, 0.1) is 17.5 Å². The Morgan fingerprint density at radius 3 is 2.61 bits per heavy atom. The molecule has 0 radical (unpaired) electrons. The van der Waals surface area contributed by atoms with Crippen molar-refractivity contribution in [3.05, 3.63) is 100 Å². The zero-order valence-corrected chi connectivity index (χ0v) is 18.6. The Morgan fingerprint density at radius 2 is 1.85 bits per heavy atom. The van der Waals surface area contributed by atoms with Crippen molar-refractivity contribution in [2.24, 2.45) is 0 Å². The third kappa shape index (κ3) is 4.71. The van der Waals surface area contributed by atoms with Crippen LogP contribution in [0.5, 0.6) is 0 Å². The molecule has 12 heteroatoms. The smallest absolute Gasteiger partial charge is 0.264 e. The second-order valence-corrected chi connectivity index (χ2v) is 9.56. The van der Waals surface area contributed by atoms with Crippen LogP contribution in [0.25, 0.3) is 0 Å². The number of rotatable bonds is 6. The molecule has 1 amide bonds. The summed E-state index contributed by atoms with van der Waals surface area (Å²) in [6.07, 6.45) is 6.06. The molecule has 0 aromatic heterocycles. The molecule has 2 aromatic carbocycles. The summed E-state index contributed by atoms with van der Waals surface area (Å²) in [6.45, 7) is 1.48. The lowest BCUT2D eigenvalue weighted by Gasteiger charge is -2.21. The molecule has 2 heterocycles. The molecule has 7 nitrogen and oxygen atoms in total. The summed E-state index contributed by atoms with van der Waals surface area (Å²) >= 11 is 1.16. The minimum absolute atomic E-state index is 0.0337. The number of nitrogens with zero attached hydrogens (tertiary/aromatic N) is 1. The summed E-state index contributed by atoms with van der Waals surface area (Å²) in [5.41, 5.74) is -0.0734. The van der Waals surface area contributed by atoms with Gasteiger partial charge in [0.25, 0.3) is 15.9 Å². The molecule has 1 atom stereocenters. The molecule has 0 bridgehead atoms. The zero-order chi connectivity index (χ0) is 23.8. The number of sulfonamides is 1. The van der Waals surface area contributed by atoms with Crippen molar-refractivity contribution in [3.63, 3.8) is 0 Å². The Labute approximate surface area is 192 Å². The fraction of sp³-hybridized carbons (Fsp3) is 0.0952. The van der Waals surface area contributed by atoms with E-state index in [9.17, 15) is 26.4 Å². The first-order valence-corrected chi connectivity index (χ1v) is 11.8. The van der Waals surface area contributed by atoms with E-state index in [0.29, 0.717) is 11.8 Å². The third-order valence-electron chi connectivity index (χ3n) is 4.84. The Morgan fingerprint density at radius 1 is 1.12 bits per heavy atom. The highest BCUT2D eigenvalue weighted by molar-refractivity contribution is 7.97. The average molecular weight is 495 g/mol.